The van der Waals surface area contributed by atoms with E-state index in [0.29, 0.717) is 30.4 Å². The summed E-state index contributed by atoms with van der Waals surface area (Å²) < 4.78 is 5.44. The number of benzene rings is 1. The zero-order valence-corrected chi connectivity index (χ0v) is 18.1. The summed E-state index contributed by atoms with van der Waals surface area (Å²) in [6.45, 7) is 8.61. The molecule has 3 N–H and O–H groups in total. The number of aromatic nitrogens is 2. The molecule has 0 saturated carbocycles. The minimum absolute atomic E-state index is 0.0190. The Morgan fingerprint density at radius 1 is 1.27 bits per heavy atom. The van der Waals surface area contributed by atoms with Gasteiger partial charge in [-0.15, -0.1) is 0 Å². The molecule has 1 aliphatic rings. The number of H-pyrrole nitrogens is 1. The lowest BCUT2D eigenvalue weighted by atomic mass is 9.80. The Balaban J connectivity index is 1.58. The maximum atomic E-state index is 12.4. The van der Waals surface area contributed by atoms with Crippen LogP contribution in [0, 0.1) is 11.3 Å². The van der Waals surface area contributed by atoms with Gasteiger partial charge in [0.25, 0.3) is 5.56 Å². The van der Waals surface area contributed by atoms with Crippen molar-refractivity contribution in [2.75, 3.05) is 25.1 Å². The van der Waals surface area contributed by atoms with Crippen LogP contribution in [0.2, 0.25) is 0 Å². The molecule has 2 amide bonds. The largest absolute Gasteiger partial charge is 0.381 e. The number of nitrogens with one attached hydrogen (secondary N) is 3. The Hall–Kier alpha value is -2.67. The third kappa shape index (κ3) is 6.42. The van der Waals surface area contributed by atoms with Crippen LogP contribution in [0.3, 0.4) is 0 Å². The van der Waals surface area contributed by atoms with Crippen LogP contribution < -0.4 is 16.2 Å². The van der Waals surface area contributed by atoms with Gasteiger partial charge in [-0.2, -0.15) is 0 Å². The van der Waals surface area contributed by atoms with Gasteiger partial charge in [0.05, 0.1) is 0 Å². The van der Waals surface area contributed by atoms with E-state index in [0.717, 1.165) is 43.7 Å². The molecule has 1 aromatic heterocycles. The average molecular weight is 413 g/mol. The van der Waals surface area contributed by atoms with E-state index >= 15 is 0 Å². The minimum atomic E-state index is -0.240. The normalized spacial score (nSPS) is 15.0. The Morgan fingerprint density at radius 3 is 2.77 bits per heavy atom. The third-order valence-electron chi connectivity index (χ3n) is 5.46. The van der Waals surface area contributed by atoms with Crippen LogP contribution in [0.4, 0.5) is 10.5 Å². The summed E-state index contributed by atoms with van der Waals surface area (Å²) in [5.74, 6) is 1.16. The van der Waals surface area contributed by atoms with Gasteiger partial charge in [0.15, 0.2) is 0 Å². The topological polar surface area (TPSA) is 96.1 Å². The van der Waals surface area contributed by atoms with Crippen molar-refractivity contribution < 1.29 is 9.53 Å². The van der Waals surface area contributed by atoms with E-state index in [1.807, 2.05) is 31.2 Å². The number of nitrogens with zero attached hydrogens (tertiary/aromatic N) is 1. The Kier molecular flexibility index (Phi) is 7.26. The van der Waals surface area contributed by atoms with Crippen molar-refractivity contribution in [1.82, 2.24) is 15.3 Å². The number of aryl methyl sites for hydroxylation is 1. The Labute approximate surface area is 177 Å². The van der Waals surface area contributed by atoms with Crippen molar-refractivity contribution in [3.05, 3.63) is 46.4 Å². The van der Waals surface area contributed by atoms with Gasteiger partial charge >= 0.3 is 6.03 Å². The molecule has 0 spiro atoms. The van der Waals surface area contributed by atoms with Gasteiger partial charge in [-0.05, 0) is 49.1 Å². The van der Waals surface area contributed by atoms with Crippen molar-refractivity contribution >= 4 is 11.7 Å². The van der Waals surface area contributed by atoms with E-state index in [4.69, 9.17) is 4.74 Å². The van der Waals surface area contributed by atoms with Crippen molar-refractivity contribution in [2.24, 2.45) is 11.3 Å². The number of urea groups is 1. The molecule has 3 rings (SSSR count). The molecule has 0 unspecified atom stereocenters. The highest BCUT2D eigenvalue weighted by molar-refractivity contribution is 5.89. The lowest BCUT2D eigenvalue weighted by Gasteiger charge is -2.32. The monoisotopic (exact) mass is 412 g/mol. The number of anilines is 1. The first-order chi connectivity index (χ1) is 14.3. The summed E-state index contributed by atoms with van der Waals surface area (Å²) in [6.07, 6.45) is 3.94. The summed E-state index contributed by atoms with van der Waals surface area (Å²) >= 11 is 0. The fraction of sp³-hybridized carbons (Fsp3) is 0.522. The van der Waals surface area contributed by atoms with E-state index in [2.05, 4.69) is 34.4 Å². The molecule has 0 atom stereocenters. The molecule has 0 aliphatic carbocycles. The van der Waals surface area contributed by atoms with E-state index in [-0.39, 0.29) is 17.0 Å². The van der Waals surface area contributed by atoms with Crippen molar-refractivity contribution in [2.45, 2.75) is 46.5 Å². The Bertz CT molecular complexity index is 917. The van der Waals surface area contributed by atoms with Crippen LogP contribution in [-0.4, -0.2) is 35.8 Å². The third-order valence-corrected chi connectivity index (χ3v) is 5.46. The van der Waals surface area contributed by atoms with Crippen LogP contribution in [0.5, 0.6) is 0 Å². The second kappa shape index (κ2) is 9.89. The number of ether oxygens (including phenoxy) is 1. The molecule has 0 bridgehead atoms. The van der Waals surface area contributed by atoms with Gasteiger partial charge < -0.3 is 20.4 Å². The lowest BCUT2D eigenvalue weighted by molar-refractivity contribution is 0.0515. The summed E-state index contributed by atoms with van der Waals surface area (Å²) in [4.78, 5) is 31.5. The van der Waals surface area contributed by atoms with E-state index < -0.39 is 0 Å². The SMILES string of the molecule is CCc1cc(=O)[nH]c(-c2cccc(NC(=O)NCC(C)(C)CC3CCOCC3)c2)n1. The fourth-order valence-electron chi connectivity index (χ4n) is 3.87. The number of rotatable bonds is 7. The molecule has 1 aromatic carbocycles. The van der Waals surface area contributed by atoms with Gasteiger partial charge in [-0.1, -0.05) is 32.9 Å². The van der Waals surface area contributed by atoms with Gasteiger partial charge in [0.1, 0.15) is 5.82 Å². The molecule has 1 saturated heterocycles. The first-order valence-corrected chi connectivity index (χ1v) is 10.7. The van der Waals surface area contributed by atoms with E-state index in [9.17, 15) is 9.59 Å². The average Bonchev–Trinajstić information content (AvgIpc) is 2.72. The number of carbonyl (C=O) groups excluding carboxylic acids is 1. The van der Waals surface area contributed by atoms with Gasteiger partial charge in [-0.25, -0.2) is 9.78 Å². The molecule has 7 nitrogen and oxygen atoms in total. The second-order valence-electron chi connectivity index (χ2n) is 8.75. The van der Waals surface area contributed by atoms with Crippen LogP contribution >= 0.6 is 0 Å². The van der Waals surface area contributed by atoms with Crippen molar-refractivity contribution in [1.29, 1.82) is 0 Å². The molecule has 1 fully saturated rings. The molecule has 162 valence electrons. The van der Waals surface area contributed by atoms with Gasteiger partial charge in [-0.3, -0.25) is 4.79 Å². The summed E-state index contributed by atoms with van der Waals surface area (Å²) in [7, 11) is 0. The second-order valence-corrected chi connectivity index (χ2v) is 8.75. The first-order valence-electron chi connectivity index (χ1n) is 10.7. The minimum Gasteiger partial charge on any atom is -0.381 e. The number of aromatic amines is 1. The molecule has 1 aliphatic heterocycles. The molecular formula is C23H32N4O3. The number of amides is 2. The molecule has 2 aromatic rings. The van der Waals surface area contributed by atoms with Crippen LogP contribution in [0.15, 0.2) is 35.1 Å². The zero-order chi connectivity index (χ0) is 21.6. The lowest BCUT2D eigenvalue weighted by Crippen LogP contribution is -2.38. The maximum Gasteiger partial charge on any atom is 0.319 e. The predicted molar refractivity (Wildman–Crippen MR) is 119 cm³/mol. The van der Waals surface area contributed by atoms with Gasteiger partial charge in [0.2, 0.25) is 0 Å². The number of carbonyl (C=O) groups is 1. The molecule has 7 heteroatoms. The highest BCUT2D eigenvalue weighted by Gasteiger charge is 2.25. The molecule has 2 heterocycles. The predicted octanol–water partition coefficient (Wildman–Crippen LogP) is 3.96. The Morgan fingerprint density at radius 2 is 2.03 bits per heavy atom. The van der Waals surface area contributed by atoms with Crippen molar-refractivity contribution in [3.63, 3.8) is 0 Å². The van der Waals surface area contributed by atoms with Crippen LogP contribution in [-0.2, 0) is 11.2 Å². The van der Waals surface area contributed by atoms with Crippen LogP contribution in [0.1, 0.15) is 45.7 Å². The molecular weight excluding hydrogens is 380 g/mol. The number of hydrogen-bond donors (Lipinski definition) is 3. The van der Waals surface area contributed by atoms with E-state index in [1.165, 1.54) is 6.07 Å². The zero-order valence-electron chi connectivity index (χ0n) is 18.1. The van der Waals surface area contributed by atoms with E-state index in [1.54, 1.807) is 0 Å². The first kappa shape index (κ1) is 22.0. The molecule has 30 heavy (non-hydrogen) atoms. The smallest absolute Gasteiger partial charge is 0.319 e. The fourth-order valence-corrected chi connectivity index (χ4v) is 3.87. The standard InChI is InChI=1S/C23H32N4O3/c1-4-18-13-20(28)27-21(25-18)17-6-5-7-19(12-17)26-22(29)24-15-23(2,3)14-16-8-10-30-11-9-16/h5-7,12-13,16H,4,8-11,14-15H2,1-3H3,(H2,24,26,29)(H,25,27,28). The highest BCUT2D eigenvalue weighted by atomic mass is 16.5. The quantitative estimate of drug-likeness (QED) is 0.641. The highest BCUT2D eigenvalue weighted by Crippen LogP contribution is 2.30. The summed E-state index contributed by atoms with van der Waals surface area (Å²) in [6, 6.07) is 8.58. The number of hydrogen-bond acceptors (Lipinski definition) is 4. The van der Waals surface area contributed by atoms with Gasteiger partial charge in [0, 0.05) is 42.8 Å². The van der Waals surface area contributed by atoms with Crippen LogP contribution in [0.25, 0.3) is 11.4 Å². The summed E-state index contributed by atoms with van der Waals surface area (Å²) in [5.41, 5.74) is 1.97. The molecule has 0 radical (unpaired) electrons. The maximum absolute atomic E-state index is 12.4. The van der Waals surface area contributed by atoms with Crippen molar-refractivity contribution in [3.8, 4) is 11.4 Å². The summed E-state index contributed by atoms with van der Waals surface area (Å²) in [5, 5.41) is 5.87.